The molecule has 0 rings (SSSR count). The predicted octanol–water partition coefficient (Wildman–Crippen LogP) is 23.5. The van der Waals surface area contributed by atoms with Crippen LogP contribution in [0.4, 0.5) is 0 Å². The fourth-order valence-corrected chi connectivity index (χ4v) is 10.2. The molecule has 1 unspecified atom stereocenters. The molecule has 0 heterocycles. The Labute approximate surface area is 485 Å². The maximum atomic E-state index is 12.9. The molecule has 0 saturated heterocycles. The molecule has 1 atom stereocenters. The van der Waals surface area contributed by atoms with Crippen molar-refractivity contribution in [3.05, 3.63) is 60.8 Å². The maximum absolute atomic E-state index is 12.9. The van der Waals surface area contributed by atoms with Crippen molar-refractivity contribution in [2.45, 2.75) is 367 Å². The molecule has 454 valence electrons. The van der Waals surface area contributed by atoms with Gasteiger partial charge in [-0.1, -0.05) is 338 Å². The summed E-state index contributed by atoms with van der Waals surface area (Å²) in [7, 11) is 0. The van der Waals surface area contributed by atoms with Crippen LogP contribution in [0.1, 0.15) is 361 Å². The molecule has 0 N–H and O–H groups in total. The van der Waals surface area contributed by atoms with Crippen LogP contribution in [0.3, 0.4) is 0 Å². The first-order valence-corrected chi connectivity index (χ1v) is 34.3. The van der Waals surface area contributed by atoms with Crippen LogP contribution in [0.15, 0.2) is 60.8 Å². The van der Waals surface area contributed by atoms with Crippen molar-refractivity contribution in [2.24, 2.45) is 0 Å². The Kier molecular flexibility index (Phi) is 64.2. The van der Waals surface area contributed by atoms with Crippen LogP contribution in [0.5, 0.6) is 0 Å². The highest BCUT2D eigenvalue weighted by atomic mass is 16.6. The third-order valence-electron chi connectivity index (χ3n) is 15.3. The second-order valence-electron chi connectivity index (χ2n) is 23.1. The molecule has 0 aliphatic heterocycles. The van der Waals surface area contributed by atoms with Crippen LogP contribution >= 0.6 is 0 Å². The van der Waals surface area contributed by atoms with Gasteiger partial charge in [0.25, 0.3) is 0 Å². The number of carbonyl (C=O) groups is 3. The zero-order valence-corrected chi connectivity index (χ0v) is 52.2. The molecule has 0 bridgehead atoms. The van der Waals surface area contributed by atoms with E-state index in [0.717, 1.165) is 96.3 Å². The molecule has 0 aliphatic rings. The largest absolute Gasteiger partial charge is 0.462 e. The van der Waals surface area contributed by atoms with Gasteiger partial charge < -0.3 is 14.2 Å². The van der Waals surface area contributed by atoms with Gasteiger partial charge in [0.05, 0.1) is 0 Å². The molecule has 0 aromatic heterocycles. The number of carbonyl (C=O) groups excluding carboxylic acids is 3. The molecule has 0 aromatic rings. The van der Waals surface area contributed by atoms with Crippen molar-refractivity contribution in [1.82, 2.24) is 0 Å². The van der Waals surface area contributed by atoms with Crippen molar-refractivity contribution >= 4 is 17.9 Å². The Morgan fingerprint density at radius 2 is 0.500 bits per heavy atom. The number of allylic oxidation sites excluding steroid dienone is 10. The topological polar surface area (TPSA) is 78.9 Å². The number of unbranched alkanes of at least 4 members (excludes halogenated alkanes) is 42. The third-order valence-corrected chi connectivity index (χ3v) is 15.3. The van der Waals surface area contributed by atoms with Crippen molar-refractivity contribution in [1.29, 1.82) is 0 Å². The first-order valence-electron chi connectivity index (χ1n) is 34.3. The molecular weight excluding hydrogens is 961 g/mol. The lowest BCUT2D eigenvalue weighted by Crippen LogP contribution is -2.30. The van der Waals surface area contributed by atoms with E-state index in [0.29, 0.717) is 19.3 Å². The fraction of sp³-hybridized carbons (Fsp3) is 0.819. The lowest BCUT2D eigenvalue weighted by atomic mass is 10.0. The predicted molar refractivity (Wildman–Crippen MR) is 339 cm³/mol. The van der Waals surface area contributed by atoms with Gasteiger partial charge >= 0.3 is 17.9 Å². The van der Waals surface area contributed by atoms with Crippen molar-refractivity contribution in [3.63, 3.8) is 0 Å². The van der Waals surface area contributed by atoms with Gasteiger partial charge in [-0.2, -0.15) is 0 Å². The second kappa shape index (κ2) is 66.6. The Bertz CT molecular complexity index is 1390. The Hall–Kier alpha value is -2.89. The van der Waals surface area contributed by atoms with Gasteiger partial charge in [-0.25, -0.2) is 0 Å². The minimum atomic E-state index is -0.778. The fourth-order valence-electron chi connectivity index (χ4n) is 10.2. The summed E-state index contributed by atoms with van der Waals surface area (Å²) in [5.74, 6) is -0.862. The van der Waals surface area contributed by atoms with Gasteiger partial charge in [0, 0.05) is 19.3 Å². The van der Waals surface area contributed by atoms with E-state index in [-0.39, 0.29) is 31.1 Å². The summed E-state index contributed by atoms with van der Waals surface area (Å²) in [6.45, 7) is 6.57. The summed E-state index contributed by atoms with van der Waals surface area (Å²) in [6, 6.07) is 0. The Morgan fingerprint density at radius 3 is 0.782 bits per heavy atom. The molecule has 6 heteroatoms. The normalized spacial score (nSPS) is 12.4. The van der Waals surface area contributed by atoms with Crippen LogP contribution < -0.4 is 0 Å². The minimum Gasteiger partial charge on any atom is -0.462 e. The molecule has 0 aromatic carbocycles. The van der Waals surface area contributed by atoms with Crippen molar-refractivity contribution < 1.29 is 28.6 Å². The quantitative estimate of drug-likeness (QED) is 0.0261. The van der Waals surface area contributed by atoms with E-state index in [1.807, 2.05) is 0 Å². The highest BCUT2D eigenvalue weighted by molar-refractivity contribution is 5.71. The van der Waals surface area contributed by atoms with E-state index in [9.17, 15) is 14.4 Å². The zero-order chi connectivity index (χ0) is 56.4. The number of esters is 3. The average molecular weight is 1090 g/mol. The van der Waals surface area contributed by atoms with Gasteiger partial charge in [0.15, 0.2) is 6.10 Å². The van der Waals surface area contributed by atoms with Gasteiger partial charge in [-0.3, -0.25) is 14.4 Å². The van der Waals surface area contributed by atoms with Crippen LogP contribution in [0.25, 0.3) is 0 Å². The monoisotopic (exact) mass is 1090 g/mol. The molecule has 0 amide bonds. The van der Waals surface area contributed by atoms with Crippen LogP contribution in [-0.2, 0) is 28.6 Å². The van der Waals surface area contributed by atoms with Gasteiger partial charge in [0.1, 0.15) is 13.2 Å². The smallest absolute Gasteiger partial charge is 0.306 e. The van der Waals surface area contributed by atoms with Crippen LogP contribution in [0, 0.1) is 0 Å². The number of hydrogen-bond donors (Lipinski definition) is 0. The summed E-state index contributed by atoms with van der Waals surface area (Å²) in [6.07, 6.45) is 85.3. The summed E-state index contributed by atoms with van der Waals surface area (Å²) >= 11 is 0. The SMILES string of the molecule is CC/C=C\C/C=C\C/C=C\C/C=C\C/C=C\CCCCCCCCCC(=O)OC(COC(=O)CCCCCCCCCCCCCC)COC(=O)CCCCCCCCCCCCCCCCCCCCCCCCCCC. The second-order valence-corrected chi connectivity index (χ2v) is 23.1. The molecule has 0 spiro atoms. The summed E-state index contributed by atoms with van der Waals surface area (Å²) in [4.78, 5) is 38.4. The Morgan fingerprint density at radius 1 is 0.269 bits per heavy atom. The molecular formula is C72H130O6. The third kappa shape index (κ3) is 63.9. The first kappa shape index (κ1) is 75.1. The zero-order valence-electron chi connectivity index (χ0n) is 52.2. The highest BCUT2D eigenvalue weighted by Crippen LogP contribution is 2.18. The number of ether oxygens (including phenoxy) is 3. The Balaban J connectivity index is 4.25. The van der Waals surface area contributed by atoms with E-state index >= 15 is 0 Å². The summed E-state index contributed by atoms with van der Waals surface area (Å²) in [5.41, 5.74) is 0. The first-order chi connectivity index (χ1) is 38.5. The molecule has 0 fully saturated rings. The molecule has 78 heavy (non-hydrogen) atoms. The van der Waals surface area contributed by atoms with E-state index in [1.54, 1.807) is 0 Å². The van der Waals surface area contributed by atoms with E-state index in [1.165, 1.54) is 225 Å². The lowest BCUT2D eigenvalue weighted by Gasteiger charge is -2.18. The average Bonchev–Trinajstić information content (AvgIpc) is 3.44. The van der Waals surface area contributed by atoms with Gasteiger partial charge in [0.2, 0.25) is 0 Å². The van der Waals surface area contributed by atoms with Crippen LogP contribution in [-0.4, -0.2) is 37.2 Å². The molecule has 6 nitrogen and oxygen atoms in total. The summed E-state index contributed by atoms with van der Waals surface area (Å²) < 4.78 is 17.0. The molecule has 0 saturated carbocycles. The van der Waals surface area contributed by atoms with E-state index in [2.05, 4.69) is 81.5 Å². The van der Waals surface area contributed by atoms with Gasteiger partial charge in [-0.15, -0.1) is 0 Å². The number of rotatable bonds is 63. The summed E-state index contributed by atoms with van der Waals surface area (Å²) in [5, 5.41) is 0. The van der Waals surface area contributed by atoms with E-state index in [4.69, 9.17) is 14.2 Å². The minimum absolute atomic E-state index is 0.0739. The van der Waals surface area contributed by atoms with Crippen LogP contribution in [0.2, 0.25) is 0 Å². The van der Waals surface area contributed by atoms with E-state index < -0.39 is 6.10 Å². The maximum Gasteiger partial charge on any atom is 0.306 e. The molecule has 0 radical (unpaired) electrons. The lowest BCUT2D eigenvalue weighted by molar-refractivity contribution is -0.167. The van der Waals surface area contributed by atoms with Crippen molar-refractivity contribution in [2.75, 3.05) is 13.2 Å². The van der Waals surface area contributed by atoms with Crippen molar-refractivity contribution in [3.8, 4) is 0 Å². The van der Waals surface area contributed by atoms with Gasteiger partial charge in [-0.05, 0) is 64.2 Å². The molecule has 0 aliphatic carbocycles. The highest BCUT2D eigenvalue weighted by Gasteiger charge is 2.19. The standard InChI is InChI=1S/C72H130O6/c1-4-7-10-13-16-19-22-25-27-29-31-33-35-36-38-39-41-43-45-47-50-53-56-59-62-65-71(74)77-68-69(67-76-70(73)64-61-58-55-52-49-24-21-18-15-12-9-6-3)78-72(75)66-63-60-57-54-51-48-46-44-42-40-37-34-32-30-28-26-23-20-17-14-11-8-5-2/h8,11,17,20,26,28,32,34,40,42,69H,4-7,9-10,12-16,18-19,21-25,27,29-31,33,35-39,41,43-68H2,1-3H3/b11-8-,20-17-,28-26-,34-32-,42-40-. The number of hydrogen-bond acceptors (Lipinski definition) is 6.